The van der Waals surface area contributed by atoms with Gasteiger partial charge in [0.1, 0.15) is 0 Å². The average Bonchev–Trinajstić information content (AvgIpc) is 2.72. The van der Waals surface area contributed by atoms with Gasteiger partial charge in [-0.15, -0.1) is 0 Å². The molecule has 1 aromatic carbocycles. The number of nitrogens with one attached hydrogen (secondary N) is 1. The number of nitrogens with zero attached hydrogens (tertiary/aromatic N) is 2. The van der Waals surface area contributed by atoms with Gasteiger partial charge in [-0.05, 0) is 36.8 Å². The van der Waals surface area contributed by atoms with Crippen molar-refractivity contribution >= 4 is 21.6 Å². The van der Waals surface area contributed by atoms with Crippen LogP contribution in [-0.2, 0) is 14.8 Å². The summed E-state index contributed by atoms with van der Waals surface area (Å²) in [6.45, 7) is 1.45. The van der Waals surface area contributed by atoms with Gasteiger partial charge in [0, 0.05) is 32.1 Å². The maximum Gasteiger partial charge on any atom is 0.312 e. The van der Waals surface area contributed by atoms with Gasteiger partial charge in [-0.25, -0.2) is 13.1 Å². The number of hydrogen-bond donors (Lipinski definition) is 1. The average molecular weight is 426 g/mol. The Morgan fingerprint density at radius 2 is 2.00 bits per heavy atom. The van der Waals surface area contributed by atoms with E-state index in [4.69, 9.17) is 4.74 Å². The van der Waals surface area contributed by atoms with Crippen LogP contribution in [0.4, 0.5) is 5.69 Å². The van der Waals surface area contributed by atoms with E-state index in [-0.39, 0.29) is 29.5 Å². The first-order chi connectivity index (χ1) is 13.8. The largest absolute Gasteiger partial charge is 0.490 e. The third kappa shape index (κ3) is 5.05. The molecule has 2 fully saturated rings. The van der Waals surface area contributed by atoms with Gasteiger partial charge in [-0.1, -0.05) is 19.3 Å². The molecule has 0 unspecified atom stereocenters. The summed E-state index contributed by atoms with van der Waals surface area (Å²) in [4.78, 5) is 24.5. The van der Waals surface area contributed by atoms with Crippen LogP contribution in [0.1, 0.15) is 38.5 Å². The van der Waals surface area contributed by atoms with Crippen molar-refractivity contribution in [3.05, 3.63) is 28.3 Å². The third-order valence-corrected chi connectivity index (χ3v) is 7.39. The van der Waals surface area contributed by atoms with Crippen molar-refractivity contribution in [1.82, 2.24) is 9.62 Å². The van der Waals surface area contributed by atoms with Gasteiger partial charge in [0.25, 0.3) is 0 Å². The number of nitro benzene ring substituents is 1. The van der Waals surface area contributed by atoms with Crippen LogP contribution >= 0.6 is 0 Å². The molecule has 9 nitrogen and oxygen atoms in total. The summed E-state index contributed by atoms with van der Waals surface area (Å²) in [6.07, 6.45) is 6.00. The lowest BCUT2D eigenvalue weighted by atomic mass is 9.75. The molecule has 1 saturated carbocycles. The van der Waals surface area contributed by atoms with Crippen molar-refractivity contribution in [2.45, 2.75) is 43.4 Å². The van der Waals surface area contributed by atoms with Crippen LogP contribution in [0.3, 0.4) is 0 Å². The maximum atomic E-state index is 12.5. The number of likely N-dealkylation sites (tertiary alicyclic amines) is 1. The first-order valence-corrected chi connectivity index (χ1v) is 11.4. The van der Waals surface area contributed by atoms with Crippen LogP contribution in [0.2, 0.25) is 0 Å². The Kier molecular flexibility index (Phi) is 6.74. The van der Waals surface area contributed by atoms with Gasteiger partial charge >= 0.3 is 5.69 Å². The normalized spacial score (nSPS) is 22.0. The number of nitro groups is 1. The molecule has 0 radical (unpaired) electrons. The fourth-order valence-electron chi connectivity index (χ4n) is 4.34. The molecule has 1 amide bonds. The predicted molar refractivity (Wildman–Crippen MR) is 106 cm³/mol. The number of benzene rings is 1. The van der Waals surface area contributed by atoms with Crippen molar-refractivity contribution in [3.63, 3.8) is 0 Å². The van der Waals surface area contributed by atoms with Crippen LogP contribution in [0.5, 0.6) is 5.75 Å². The summed E-state index contributed by atoms with van der Waals surface area (Å²) in [5.41, 5.74) is -0.429. The number of piperidine rings is 1. The second-order valence-corrected chi connectivity index (χ2v) is 9.44. The van der Waals surface area contributed by atoms with Gasteiger partial charge < -0.3 is 9.64 Å². The molecule has 1 aliphatic carbocycles. The Balaban J connectivity index is 1.56. The molecular formula is C19H27N3O6S. The minimum Gasteiger partial charge on any atom is -0.490 e. The lowest BCUT2D eigenvalue weighted by molar-refractivity contribution is -0.386. The highest BCUT2D eigenvalue weighted by Gasteiger charge is 2.32. The lowest BCUT2D eigenvalue weighted by Crippen LogP contribution is -2.45. The fourth-order valence-corrected chi connectivity index (χ4v) is 5.39. The van der Waals surface area contributed by atoms with Crippen LogP contribution in [0.15, 0.2) is 23.1 Å². The topological polar surface area (TPSA) is 119 Å². The van der Waals surface area contributed by atoms with Crippen molar-refractivity contribution in [2.24, 2.45) is 11.8 Å². The lowest BCUT2D eigenvalue weighted by Gasteiger charge is -2.41. The van der Waals surface area contributed by atoms with E-state index in [9.17, 15) is 23.3 Å². The Labute approximate surface area is 170 Å². The summed E-state index contributed by atoms with van der Waals surface area (Å²) < 4.78 is 32.2. The SMILES string of the molecule is COc1ccc(S(=O)(=O)NCCC(=O)N2CC[C@H]3CCCC[C@H]3C2)cc1[N+](=O)[O-]. The van der Waals surface area contributed by atoms with Crippen molar-refractivity contribution in [3.8, 4) is 5.75 Å². The molecule has 29 heavy (non-hydrogen) atoms. The maximum absolute atomic E-state index is 12.5. The van der Waals surface area contributed by atoms with Crippen LogP contribution in [0.25, 0.3) is 0 Å². The molecule has 3 rings (SSSR count). The number of methoxy groups -OCH3 is 1. The molecule has 1 aromatic rings. The molecule has 0 aromatic heterocycles. The second-order valence-electron chi connectivity index (χ2n) is 7.67. The highest BCUT2D eigenvalue weighted by molar-refractivity contribution is 7.89. The predicted octanol–water partition coefficient (Wildman–Crippen LogP) is 2.31. The van der Waals surface area contributed by atoms with E-state index in [1.165, 1.54) is 38.5 Å². The molecule has 10 heteroatoms. The van der Waals surface area contributed by atoms with Crippen molar-refractivity contribution < 1.29 is 22.9 Å². The summed E-state index contributed by atoms with van der Waals surface area (Å²) in [5.74, 6) is 1.21. The number of carbonyl (C=O) groups excluding carboxylic acids is 1. The first kappa shape index (κ1) is 21.5. The van der Waals surface area contributed by atoms with Gasteiger partial charge in [0.05, 0.1) is 16.9 Å². The molecule has 0 bridgehead atoms. The van der Waals surface area contributed by atoms with Crippen LogP contribution in [0, 0.1) is 22.0 Å². The third-order valence-electron chi connectivity index (χ3n) is 5.93. The highest BCUT2D eigenvalue weighted by Crippen LogP contribution is 2.36. The molecule has 1 saturated heterocycles. The molecular weight excluding hydrogens is 398 g/mol. The summed E-state index contributed by atoms with van der Waals surface area (Å²) in [5, 5.41) is 11.1. The van der Waals surface area contributed by atoms with E-state index in [0.717, 1.165) is 37.9 Å². The smallest absolute Gasteiger partial charge is 0.312 e. The molecule has 1 heterocycles. The fraction of sp³-hybridized carbons (Fsp3) is 0.632. The molecule has 160 valence electrons. The van der Waals surface area contributed by atoms with Gasteiger partial charge in [0.2, 0.25) is 15.9 Å². The number of amides is 1. The number of ether oxygens (including phenoxy) is 1. The monoisotopic (exact) mass is 425 g/mol. The van der Waals surface area contributed by atoms with Crippen molar-refractivity contribution in [2.75, 3.05) is 26.7 Å². The van der Waals surface area contributed by atoms with Crippen molar-refractivity contribution in [1.29, 1.82) is 0 Å². The minimum atomic E-state index is -3.97. The molecule has 1 aliphatic heterocycles. The van der Waals surface area contributed by atoms with E-state index in [1.54, 1.807) is 0 Å². The number of hydrogen-bond acceptors (Lipinski definition) is 6. The highest BCUT2D eigenvalue weighted by atomic mass is 32.2. The Morgan fingerprint density at radius 3 is 2.69 bits per heavy atom. The number of fused-ring (bicyclic) bond motifs is 1. The summed E-state index contributed by atoms with van der Waals surface area (Å²) >= 11 is 0. The van der Waals surface area contributed by atoms with E-state index in [1.807, 2.05) is 4.90 Å². The summed E-state index contributed by atoms with van der Waals surface area (Å²) in [7, 11) is -2.69. The van der Waals surface area contributed by atoms with E-state index >= 15 is 0 Å². The zero-order chi connectivity index (χ0) is 21.0. The Bertz CT molecular complexity index is 873. The van der Waals surface area contributed by atoms with E-state index in [0.29, 0.717) is 5.92 Å². The zero-order valence-corrected chi connectivity index (χ0v) is 17.3. The quantitative estimate of drug-likeness (QED) is 0.529. The standard InChI is InChI=1S/C19H27N3O6S/c1-28-18-7-6-16(12-17(18)22(24)25)29(26,27)20-10-8-19(23)21-11-9-14-4-2-3-5-15(14)13-21/h6-7,12,14-15,20H,2-5,8-11,13H2,1H3/t14-,15+/m1/s1. The summed E-state index contributed by atoms with van der Waals surface area (Å²) in [6, 6.07) is 3.44. The second kappa shape index (κ2) is 9.08. The molecule has 2 atom stereocenters. The van der Waals surface area contributed by atoms with E-state index in [2.05, 4.69) is 4.72 Å². The van der Waals surface area contributed by atoms with Crippen LogP contribution < -0.4 is 9.46 Å². The van der Waals surface area contributed by atoms with Gasteiger partial charge in [-0.3, -0.25) is 14.9 Å². The van der Waals surface area contributed by atoms with Gasteiger partial charge in [0.15, 0.2) is 5.75 Å². The zero-order valence-electron chi connectivity index (χ0n) is 16.5. The molecule has 0 spiro atoms. The molecule has 1 N–H and O–H groups in total. The number of rotatable bonds is 7. The van der Waals surface area contributed by atoms with Crippen LogP contribution in [-0.4, -0.2) is 50.9 Å². The minimum absolute atomic E-state index is 0.0183. The molecule has 2 aliphatic rings. The first-order valence-electron chi connectivity index (χ1n) is 9.91. The Hall–Kier alpha value is -2.20. The van der Waals surface area contributed by atoms with Gasteiger partial charge in [-0.2, -0.15) is 0 Å². The Morgan fingerprint density at radius 1 is 1.28 bits per heavy atom. The number of carbonyl (C=O) groups is 1. The number of sulfonamides is 1. The van der Waals surface area contributed by atoms with E-state index < -0.39 is 20.6 Å².